The first-order valence-corrected chi connectivity index (χ1v) is 13.7. The summed E-state index contributed by atoms with van der Waals surface area (Å²) in [6.45, 7) is 6.59. The van der Waals surface area contributed by atoms with Crippen molar-refractivity contribution in [3.8, 4) is 17.1 Å². The Kier molecular flexibility index (Phi) is 9.13. The predicted octanol–water partition coefficient (Wildman–Crippen LogP) is 5.45. The molecule has 1 fully saturated rings. The lowest BCUT2D eigenvalue weighted by atomic mass is 9.72. The Bertz CT molecular complexity index is 1240. The molecule has 4 rings (SSSR count). The molecule has 0 saturated carbocycles. The second-order valence-corrected chi connectivity index (χ2v) is 10.9. The van der Waals surface area contributed by atoms with Crippen molar-refractivity contribution in [3.63, 3.8) is 0 Å². The van der Waals surface area contributed by atoms with Gasteiger partial charge in [-0.25, -0.2) is 4.98 Å². The number of rotatable bonds is 9. The molecule has 1 saturated heterocycles. The van der Waals surface area contributed by atoms with Crippen LogP contribution in [0.2, 0.25) is 10.0 Å². The second-order valence-electron chi connectivity index (χ2n) is 10.0. The smallest absolute Gasteiger partial charge is 0.231 e. The van der Waals surface area contributed by atoms with Crippen LogP contribution in [0.1, 0.15) is 32.3 Å². The minimum Gasteiger partial charge on any atom is -0.477 e. The summed E-state index contributed by atoms with van der Waals surface area (Å²) in [6, 6.07) is 13.3. The van der Waals surface area contributed by atoms with Crippen LogP contribution in [0.15, 0.2) is 54.9 Å². The third-order valence-electron chi connectivity index (χ3n) is 6.96. The zero-order valence-corrected chi connectivity index (χ0v) is 23.9. The summed E-state index contributed by atoms with van der Waals surface area (Å²) >= 11 is 12.6. The number of nitrogens with zero attached hydrogens (tertiary/aromatic N) is 4. The SMILES string of the molecule is CCOc1ncccc1-c1ccc(C2(C(=O)N[C@@H](C)CN(C)C)CCN(c3ccc(Cl)cc3Cl)CC2)cn1. The summed E-state index contributed by atoms with van der Waals surface area (Å²) < 4.78 is 5.70. The maximum atomic E-state index is 13.9. The van der Waals surface area contributed by atoms with E-state index in [-0.39, 0.29) is 11.9 Å². The van der Waals surface area contributed by atoms with Crippen molar-refractivity contribution in [3.05, 3.63) is 70.5 Å². The van der Waals surface area contributed by atoms with Crippen LogP contribution in [-0.2, 0) is 10.2 Å². The summed E-state index contributed by atoms with van der Waals surface area (Å²) in [4.78, 5) is 27.3. The van der Waals surface area contributed by atoms with Gasteiger partial charge in [0.1, 0.15) is 0 Å². The number of aromatic nitrogens is 2. The molecule has 202 valence electrons. The Morgan fingerprint density at radius 1 is 1.16 bits per heavy atom. The van der Waals surface area contributed by atoms with Crippen molar-refractivity contribution in [1.82, 2.24) is 20.2 Å². The summed E-state index contributed by atoms with van der Waals surface area (Å²) in [5.41, 5.74) is 2.71. The molecule has 0 bridgehead atoms. The van der Waals surface area contributed by atoms with Gasteiger partial charge in [0.25, 0.3) is 0 Å². The van der Waals surface area contributed by atoms with Gasteiger partial charge in [-0.1, -0.05) is 29.3 Å². The normalized spacial score (nSPS) is 15.8. The minimum atomic E-state index is -0.709. The van der Waals surface area contributed by atoms with E-state index in [1.165, 1.54) is 0 Å². The van der Waals surface area contributed by atoms with Crippen LogP contribution < -0.4 is 15.0 Å². The highest BCUT2D eigenvalue weighted by Crippen LogP contribution is 2.40. The van der Waals surface area contributed by atoms with Gasteiger partial charge < -0.3 is 19.9 Å². The Morgan fingerprint density at radius 3 is 2.55 bits per heavy atom. The number of nitrogens with one attached hydrogen (secondary N) is 1. The van der Waals surface area contributed by atoms with E-state index in [0.29, 0.717) is 48.5 Å². The van der Waals surface area contributed by atoms with Gasteiger partial charge in [0, 0.05) is 43.1 Å². The molecular weight excluding hydrogens is 521 g/mol. The largest absolute Gasteiger partial charge is 0.477 e. The van der Waals surface area contributed by atoms with Crippen molar-refractivity contribution in [1.29, 1.82) is 0 Å². The molecule has 9 heteroatoms. The van der Waals surface area contributed by atoms with Gasteiger partial charge in [-0.05, 0) is 82.7 Å². The molecule has 7 nitrogen and oxygen atoms in total. The first kappa shape index (κ1) is 28.1. The molecule has 1 aliphatic rings. The fourth-order valence-corrected chi connectivity index (χ4v) is 5.67. The van der Waals surface area contributed by atoms with Crippen LogP contribution in [-0.4, -0.2) is 67.2 Å². The average Bonchev–Trinajstić information content (AvgIpc) is 2.89. The summed E-state index contributed by atoms with van der Waals surface area (Å²) in [6.07, 6.45) is 4.80. The van der Waals surface area contributed by atoms with Gasteiger partial charge in [0.05, 0.1) is 34.0 Å². The van der Waals surface area contributed by atoms with E-state index in [1.807, 2.05) is 70.5 Å². The molecule has 0 radical (unpaired) electrons. The van der Waals surface area contributed by atoms with Crippen LogP contribution >= 0.6 is 23.2 Å². The predicted molar refractivity (Wildman–Crippen MR) is 154 cm³/mol. The Balaban J connectivity index is 1.63. The van der Waals surface area contributed by atoms with Crippen molar-refractivity contribution in [2.75, 3.05) is 45.2 Å². The molecule has 0 spiro atoms. The molecule has 38 heavy (non-hydrogen) atoms. The highest BCUT2D eigenvalue weighted by Gasteiger charge is 2.44. The number of benzene rings is 1. The topological polar surface area (TPSA) is 70.6 Å². The van der Waals surface area contributed by atoms with Gasteiger partial charge in [-0.3, -0.25) is 9.78 Å². The van der Waals surface area contributed by atoms with E-state index in [2.05, 4.69) is 20.1 Å². The highest BCUT2D eigenvalue weighted by molar-refractivity contribution is 6.36. The van der Waals surface area contributed by atoms with E-state index in [0.717, 1.165) is 29.1 Å². The van der Waals surface area contributed by atoms with Gasteiger partial charge in [-0.2, -0.15) is 0 Å². The zero-order valence-electron chi connectivity index (χ0n) is 22.4. The number of halogens is 2. The van der Waals surface area contributed by atoms with Crippen LogP contribution in [0.3, 0.4) is 0 Å². The molecule has 3 heterocycles. The van der Waals surface area contributed by atoms with Crippen molar-refractivity contribution >= 4 is 34.8 Å². The van der Waals surface area contributed by atoms with E-state index in [4.69, 9.17) is 32.9 Å². The molecule has 1 aromatic carbocycles. The van der Waals surface area contributed by atoms with Gasteiger partial charge in [0.2, 0.25) is 11.8 Å². The fraction of sp³-hybridized carbons (Fsp3) is 0.414. The van der Waals surface area contributed by atoms with Crippen molar-refractivity contribution < 1.29 is 9.53 Å². The number of anilines is 1. The fourth-order valence-electron chi connectivity index (χ4n) is 5.14. The highest BCUT2D eigenvalue weighted by atomic mass is 35.5. The number of pyridine rings is 2. The summed E-state index contributed by atoms with van der Waals surface area (Å²) in [5.74, 6) is 0.577. The van der Waals surface area contributed by atoms with Crippen molar-refractivity contribution in [2.45, 2.75) is 38.1 Å². The molecule has 1 atom stereocenters. The van der Waals surface area contributed by atoms with Crippen LogP contribution in [0.4, 0.5) is 5.69 Å². The number of piperidine rings is 1. The standard InChI is InChI=1S/C29H35Cl2N5O2/c1-5-38-27-23(7-6-14-32-27)25-10-8-21(18-33-25)29(28(37)34-20(2)19-35(3)4)12-15-36(16-13-29)26-11-9-22(30)17-24(26)31/h6-11,14,17-18,20H,5,12-13,15-16,19H2,1-4H3,(H,34,37)/t20-/m0/s1. The van der Waals surface area contributed by atoms with Crippen LogP contribution in [0.5, 0.6) is 5.88 Å². The molecule has 1 amide bonds. The first-order valence-electron chi connectivity index (χ1n) is 12.9. The number of likely N-dealkylation sites (N-methyl/N-ethyl adjacent to an activating group) is 1. The Morgan fingerprint density at radius 2 is 1.92 bits per heavy atom. The lowest BCUT2D eigenvalue weighted by Gasteiger charge is -2.42. The number of ether oxygens (including phenoxy) is 1. The van der Waals surface area contributed by atoms with E-state index >= 15 is 0 Å². The molecule has 1 aliphatic heterocycles. The Hall–Kier alpha value is -2.87. The summed E-state index contributed by atoms with van der Waals surface area (Å²) in [7, 11) is 4.01. The average molecular weight is 557 g/mol. The molecular formula is C29H35Cl2N5O2. The number of hydrogen-bond acceptors (Lipinski definition) is 6. The number of carbonyl (C=O) groups is 1. The van der Waals surface area contributed by atoms with E-state index in [1.54, 1.807) is 12.3 Å². The monoisotopic (exact) mass is 555 g/mol. The maximum Gasteiger partial charge on any atom is 0.231 e. The lowest BCUT2D eigenvalue weighted by Crippen LogP contribution is -2.54. The number of amides is 1. The number of carbonyl (C=O) groups excluding carboxylic acids is 1. The van der Waals surface area contributed by atoms with E-state index in [9.17, 15) is 4.79 Å². The van der Waals surface area contributed by atoms with Crippen molar-refractivity contribution in [2.24, 2.45) is 0 Å². The van der Waals surface area contributed by atoms with E-state index < -0.39 is 5.41 Å². The van der Waals surface area contributed by atoms with Gasteiger partial charge in [-0.15, -0.1) is 0 Å². The molecule has 3 aromatic rings. The quantitative estimate of drug-likeness (QED) is 0.378. The molecule has 0 unspecified atom stereocenters. The first-order chi connectivity index (χ1) is 18.2. The maximum absolute atomic E-state index is 13.9. The van der Waals surface area contributed by atoms with Crippen LogP contribution in [0.25, 0.3) is 11.3 Å². The third-order valence-corrected chi connectivity index (χ3v) is 7.50. The lowest BCUT2D eigenvalue weighted by molar-refractivity contribution is -0.128. The Labute approximate surface area is 235 Å². The van der Waals surface area contributed by atoms with Crippen LogP contribution in [0, 0.1) is 0 Å². The molecule has 2 aromatic heterocycles. The number of hydrogen-bond donors (Lipinski definition) is 1. The molecule has 0 aliphatic carbocycles. The third kappa shape index (κ3) is 6.22. The zero-order chi connectivity index (χ0) is 27.3. The second kappa shape index (κ2) is 12.3. The minimum absolute atomic E-state index is 0.00879. The molecule has 1 N–H and O–H groups in total. The summed E-state index contributed by atoms with van der Waals surface area (Å²) in [5, 5.41) is 4.48. The van der Waals surface area contributed by atoms with Gasteiger partial charge >= 0.3 is 0 Å². The van der Waals surface area contributed by atoms with Gasteiger partial charge in [0.15, 0.2) is 0 Å².